The van der Waals surface area contributed by atoms with Gasteiger partial charge in [-0.05, 0) is 24.6 Å². The second kappa shape index (κ2) is 6.04. The zero-order valence-corrected chi connectivity index (χ0v) is 11.3. The Hall–Kier alpha value is -2.58. The van der Waals surface area contributed by atoms with Crippen LogP contribution < -0.4 is 15.2 Å². The number of nitriles is 1. The summed E-state index contributed by atoms with van der Waals surface area (Å²) in [7, 11) is 1.54. The van der Waals surface area contributed by atoms with Gasteiger partial charge in [0.1, 0.15) is 11.5 Å². The molecule has 1 atom stereocenters. The molecule has 20 heavy (non-hydrogen) atoms. The number of methoxy groups -OCH3 is 1. The highest BCUT2D eigenvalue weighted by Gasteiger charge is 2.05. The monoisotopic (exact) mass is 269 g/mol. The van der Waals surface area contributed by atoms with Crippen LogP contribution in [0.25, 0.3) is 0 Å². The third-order valence-corrected chi connectivity index (χ3v) is 2.75. The summed E-state index contributed by atoms with van der Waals surface area (Å²) in [4.78, 5) is 4.18. The van der Waals surface area contributed by atoms with Gasteiger partial charge in [0.25, 0.3) is 0 Å². The highest BCUT2D eigenvalue weighted by molar-refractivity contribution is 5.45. The molecule has 2 rings (SSSR count). The molecule has 5 nitrogen and oxygen atoms in total. The minimum absolute atomic E-state index is 0.0708. The van der Waals surface area contributed by atoms with Crippen molar-refractivity contribution in [2.75, 3.05) is 7.11 Å². The molecule has 1 heterocycles. The molecule has 0 fully saturated rings. The molecule has 0 saturated carbocycles. The van der Waals surface area contributed by atoms with Crippen LogP contribution in [0.15, 0.2) is 36.5 Å². The Labute approximate surface area is 117 Å². The van der Waals surface area contributed by atoms with E-state index in [1.807, 2.05) is 13.0 Å². The van der Waals surface area contributed by atoms with Crippen molar-refractivity contribution in [3.63, 3.8) is 0 Å². The average molecular weight is 269 g/mol. The lowest BCUT2D eigenvalue weighted by atomic mass is 10.2. The van der Waals surface area contributed by atoms with Crippen LogP contribution in [-0.4, -0.2) is 12.1 Å². The van der Waals surface area contributed by atoms with Crippen LogP contribution >= 0.6 is 0 Å². The standard InChI is InChI=1S/C15H15N3O2/c1-10(17)12-3-4-15(18-9-12)20-14-6-11(8-16)5-13(7-14)19-2/h3-7,9-10H,17H2,1-2H3/t10-/m0/s1. The Kier molecular flexibility index (Phi) is 4.18. The zero-order chi connectivity index (χ0) is 14.5. The average Bonchev–Trinajstić information content (AvgIpc) is 2.47. The van der Waals surface area contributed by atoms with Gasteiger partial charge in [-0.25, -0.2) is 4.98 Å². The molecule has 2 N–H and O–H groups in total. The number of pyridine rings is 1. The van der Waals surface area contributed by atoms with E-state index in [0.29, 0.717) is 22.9 Å². The van der Waals surface area contributed by atoms with Crippen LogP contribution in [0.5, 0.6) is 17.4 Å². The molecule has 1 aromatic heterocycles. The number of nitrogens with two attached hydrogens (primary N) is 1. The topological polar surface area (TPSA) is 81.2 Å². The first-order chi connectivity index (χ1) is 9.62. The summed E-state index contributed by atoms with van der Waals surface area (Å²) >= 11 is 0. The first-order valence-electron chi connectivity index (χ1n) is 6.11. The van der Waals surface area contributed by atoms with Crippen molar-refractivity contribution >= 4 is 0 Å². The predicted octanol–water partition coefficient (Wildman–Crippen LogP) is 2.77. The lowest BCUT2D eigenvalue weighted by Crippen LogP contribution is -2.05. The molecular weight excluding hydrogens is 254 g/mol. The van der Waals surface area contributed by atoms with Crippen LogP contribution in [0.1, 0.15) is 24.1 Å². The van der Waals surface area contributed by atoms with Crippen molar-refractivity contribution in [3.05, 3.63) is 47.7 Å². The molecule has 0 aliphatic heterocycles. The summed E-state index contributed by atoms with van der Waals surface area (Å²) in [6.45, 7) is 1.89. The zero-order valence-electron chi connectivity index (χ0n) is 11.3. The van der Waals surface area contributed by atoms with Gasteiger partial charge in [-0.2, -0.15) is 5.26 Å². The number of hydrogen-bond donors (Lipinski definition) is 1. The normalized spacial score (nSPS) is 11.5. The summed E-state index contributed by atoms with van der Waals surface area (Å²) in [6.07, 6.45) is 1.67. The lowest BCUT2D eigenvalue weighted by Gasteiger charge is -2.09. The van der Waals surface area contributed by atoms with E-state index in [1.165, 1.54) is 7.11 Å². The fourth-order valence-corrected chi connectivity index (χ4v) is 1.66. The highest BCUT2D eigenvalue weighted by atomic mass is 16.5. The molecule has 0 amide bonds. The number of benzene rings is 1. The Morgan fingerprint density at radius 2 is 2.00 bits per heavy atom. The van der Waals surface area contributed by atoms with Crippen molar-refractivity contribution < 1.29 is 9.47 Å². The second-order valence-corrected chi connectivity index (χ2v) is 4.33. The van der Waals surface area contributed by atoms with Crippen LogP contribution in [0.2, 0.25) is 0 Å². The summed E-state index contributed by atoms with van der Waals surface area (Å²) in [5.41, 5.74) is 7.15. The quantitative estimate of drug-likeness (QED) is 0.923. The summed E-state index contributed by atoms with van der Waals surface area (Å²) in [6, 6.07) is 10.5. The van der Waals surface area contributed by atoms with E-state index in [0.717, 1.165) is 5.56 Å². The van der Waals surface area contributed by atoms with E-state index >= 15 is 0 Å². The molecule has 0 spiro atoms. The highest BCUT2D eigenvalue weighted by Crippen LogP contribution is 2.26. The van der Waals surface area contributed by atoms with Crippen molar-refractivity contribution in [2.24, 2.45) is 5.73 Å². The summed E-state index contributed by atoms with van der Waals surface area (Å²) in [5, 5.41) is 8.95. The van der Waals surface area contributed by atoms with Crippen LogP contribution in [0, 0.1) is 11.3 Å². The van der Waals surface area contributed by atoms with Gasteiger partial charge in [-0.1, -0.05) is 6.07 Å². The molecule has 1 aromatic carbocycles. The van der Waals surface area contributed by atoms with Gasteiger partial charge in [0.05, 0.1) is 18.7 Å². The third-order valence-electron chi connectivity index (χ3n) is 2.75. The third kappa shape index (κ3) is 3.25. The smallest absolute Gasteiger partial charge is 0.219 e. The number of hydrogen-bond acceptors (Lipinski definition) is 5. The molecule has 0 aliphatic rings. The van der Waals surface area contributed by atoms with E-state index in [-0.39, 0.29) is 6.04 Å². The molecule has 102 valence electrons. The summed E-state index contributed by atoms with van der Waals surface area (Å²) < 4.78 is 10.7. The first kappa shape index (κ1) is 13.8. The number of ether oxygens (including phenoxy) is 2. The molecular formula is C15H15N3O2. The van der Waals surface area contributed by atoms with Crippen molar-refractivity contribution in [3.8, 4) is 23.4 Å². The Morgan fingerprint density at radius 1 is 1.25 bits per heavy atom. The Bertz CT molecular complexity index is 631. The number of rotatable bonds is 4. The van der Waals surface area contributed by atoms with Crippen LogP contribution in [0.4, 0.5) is 0 Å². The van der Waals surface area contributed by atoms with Gasteiger partial charge in [0, 0.05) is 24.4 Å². The van der Waals surface area contributed by atoms with Gasteiger partial charge in [0.15, 0.2) is 0 Å². The molecule has 0 radical (unpaired) electrons. The molecule has 5 heteroatoms. The van der Waals surface area contributed by atoms with E-state index in [4.69, 9.17) is 20.5 Å². The molecule has 0 aliphatic carbocycles. The SMILES string of the molecule is COc1cc(C#N)cc(Oc2ccc([C@H](C)N)cn2)c1. The van der Waals surface area contributed by atoms with Crippen LogP contribution in [0.3, 0.4) is 0 Å². The van der Waals surface area contributed by atoms with Gasteiger partial charge in [0.2, 0.25) is 5.88 Å². The van der Waals surface area contributed by atoms with Crippen LogP contribution in [-0.2, 0) is 0 Å². The molecule has 0 saturated heterocycles. The number of aromatic nitrogens is 1. The Morgan fingerprint density at radius 3 is 2.55 bits per heavy atom. The fraction of sp³-hybridized carbons (Fsp3) is 0.200. The maximum Gasteiger partial charge on any atom is 0.219 e. The van der Waals surface area contributed by atoms with Gasteiger partial charge >= 0.3 is 0 Å². The minimum Gasteiger partial charge on any atom is -0.497 e. The predicted molar refractivity (Wildman–Crippen MR) is 74.6 cm³/mol. The van der Waals surface area contributed by atoms with Crippen molar-refractivity contribution in [1.29, 1.82) is 5.26 Å². The molecule has 0 unspecified atom stereocenters. The van der Waals surface area contributed by atoms with E-state index in [9.17, 15) is 0 Å². The van der Waals surface area contributed by atoms with E-state index in [2.05, 4.69) is 11.1 Å². The maximum atomic E-state index is 8.95. The number of nitrogens with zero attached hydrogens (tertiary/aromatic N) is 2. The maximum absolute atomic E-state index is 8.95. The minimum atomic E-state index is -0.0708. The van der Waals surface area contributed by atoms with E-state index < -0.39 is 0 Å². The van der Waals surface area contributed by atoms with E-state index in [1.54, 1.807) is 30.5 Å². The second-order valence-electron chi connectivity index (χ2n) is 4.33. The first-order valence-corrected chi connectivity index (χ1v) is 6.11. The lowest BCUT2D eigenvalue weighted by molar-refractivity contribution is 0.407. The molecule has 2 aromatic rings. The molecule has 0 bridgehead atoms. The van der Waals surface area contributed by atoms with Gasteiger partial charge in [-0.3, -0.25) is 0 Å². The van der Waals surface area contributed by atoms with Crippen molar-refractivity contribution in [2.45, 2.75) is 13.0 Å². The summed E-state index contributed by atoms with van der Waals surface area (Å²) in [5.74, 6) is 1.50. The van der Waals surface area contributed by atoms with Crippen molar-refractivity contribution in [1.82, 2.24) is 4.98 Å². The largest absolute Gasteiger partial charge is 0.497 e. The fourth-order valence-electron chi connectivity index (χ4n) is 1.66. The van der Waals surface area contributed by atoms with Gasteiger partial charge < -0.3 is 15.2 Å². The Balaban J connectivity index is 2.23. The van der Waals surface area contributed by atoms with Gasteiger partial charge in [-0.15, -0.1) is 0 Å².